The number of rotatable bonds is 4. The van der Waals surface area contributed by atoms with E-state index in [1.54, 1.807) is 0 Å². The minimum absolute atomic E-state index is 0.0938. The van der Waals surface area contributed by atoms with E-state index in [9.17, 15) is 9.59 Å². The van der Waals surface area contributed by atoms with Crippen LogP contribution >= 0.6 is 0 Å². The molecule has 0 aromatic heterocycles. The zero-order valence-corrected chi connectivity index (χ0v) is 10.1. The molecule has 1 spiro atoms. The summed E-state index contributed by atoms with van der Waals surface area (Å²) in [5, 5.41) is 6.03. The van der Waals surface area contributed by atoms with Gasteiger partial charge in [-0.1, -0.05) is 0 Å². The van der Waals surface area contributed by atoms with Crippen LogP contribution in [0.25, 0.3) is 0 Å². The van der Waals surface area contributed by atoms with Crippen LogP contribution < -0.4 is 10.6 Å². The predicted octanol–water partition coefficient (Wildman–Crippen LogP) is -0.303. The number of amides is 3. The molecule has 2 aliphatic heterocycles. The van der Waals surface area contributed by atoms with Crippen molar-refractivity contribution in [1.29, 1.82) is 0 Å². The summed E-state index contributed by atoms with van der Waals surface area (Å²) < 4.78 is 5.18. The summed E-state index contributed by atoms with van der Waals surface area (Å²) in [7, 11) is 0. The molecule has 0 radical (unpaired) electrons. The molecule has 96 valence electrons. The van der Waals surface area contributed by atoms with Crippen molar-refractivity contribution in [2.75, 3.05) is 32.8 Å². The second-order valence-corrected chi connectivity index (χ2v) is 4.42. The van der Waals surface area contributed by atoms with Gasteiger partial charge in [0.25, 0.3) is 5.91 Å². The smallest absolute Gasteiger partial charge is 0.325 e. The monoisotopic (exact) mass is 241 g/mol. The number of hydrogen-bond acceptors (Lipinski definition) is 4. The molecule has 2 saturated heterocycles. The summed E-state index contributed by atoms with van der Waals surface area (Å²) in [6.07, 6.45) is 1.34. The molecule has 0 aliphatic carbocycles. The summed E-state index contributed by atoms with van der Waals surface area (Å²) in [5.41, 5.74) is -0.658. The summed E-state index contributed by atoms with van der Waals surface area (Å²) in [6, 6.07) is -0.281. The molecule has 2 rings (SSSR count). The summed E-state index contributed by atoms with van der Waals surface area (Å²) in [6.45, 7) is 4.77. The first-order valence-electron chi connectivity index (χ1n) is 6.12. The van der Waals surface area contributed by atoms with Crippen molar-refractivity contribution in [2.45, 2.75) is 25.3 Å². The van der Waals surface area contributed by atoms with Gasteiger partial charge in [-0.05, 0) is 32.9 Å². The van der Waals surface area contributed by atoms with Crippen LogP contribution in [-0.2, 0) is 9.53 Å². The van der Waals surface area contributed by atoms with Crippen LogP contribution in [0.3, 0.4) is 0 Å². The summed E-state index contributed by atoms with van der Waals surface area (Å²) >= 11 is 0. The Morgan fingerprint density at radius 3 is 2.71 bits per heavy atom. The lowest BCUT2D eigenvalue weighted by molar-refractivity contribution is -0.132. The van der Waals surface area contributed by atoms with Gasteiger partial charge in [-0.3, -0.25) is 9.69 Å². The third-order valence-corrected chi connectivity index (χ3v) is 3.37. The molecule has 0 saturated carbocycles. The SMILES string of the molecule is CCOCCN1C(=O)NC2(CCNCC2)C1=O. The van der Waals surface area contributed by atoms with Gasteiger partial charge in [0.05, 0.1) is 13.2 Å². The first-order chi connectivity index (χ1) is 8.19. The Morgan fingerprint density at radius 2 is 2.06 bits per heavy atom. The molecule has 2 heterocycles. The molecular formula is C11H19N3O3. The minimum atomic E-state index is -0.658. The maximum absolute atomic E-state index is 12.2. The first kappa shape index (κ1) is 12.3. The highest BCUT2D eigenvalue weighted by molar-refractivity contribution is 6.07. The topological polar surface area (TPSA) is 70.7 Å². The molecule has 2 aliphatic rings. The summed E-state index contributed by atoms with van der Waals surface area (Å²) in [5.74, 6) is -0.0938. The maximum atomic E-state index is 12.2. The molecule has 3 amide bonds. The average Bonchev–Trinajstić information content (AvgIpc) is 2.55. The second kappa shape index (κ2) is 5.01. The lowest BCUT2D eigenvalue weighted by Crippen LogP contribution is -2.54. The van der Waals surface area contributed by atoms with Crippen LogP contribution in [0.1, 0.15) is 19.8 Å². The molecule has 0 unspecified atom stereocenters. The van der Waals surface area contributed by atoms with Gasteiger partial charge < -0.3 is 15.4 Å². The van der Waals surface area contributed by atoms with Crippen LogP contribution in [0.2, 0.25) is 0 Å². The van der Waals surface area contributed by atoms with Crippen molar-refractivity contribution in [3.63, 3.8) is 0 Å². The number of nitrogens with zero attached hydrogens (tertiary/aromatic N) is 1. The molecule has 6 heteroatoms. The van der Waals surface area contributed by atoms with E-state index in [-0.39, 0.29) is 11.9 Å². The van der Waals surface area contributed by atoms with E-state index in [0.29, 0.717) is 32.6 Å². The van der Waals surface area contributed by atoms with Crippen molar-refractivity contribution in [1.82, 2.24) is 15.5 Å². The van der Waals surface area contributed by atoms with E-state index in [4.69, 9.17) is 4.74 Å². The van der Waals surface area contributed by atoms with E-state index in [2.05, 4.69) is 10.6 Å². The normalized spacial score (nSPS) is 23.2. The Morgan fingerprint density at radius 1 is 1.35 bits per heavy atom. The highest BCUT2D eigenvalue weighted by Crippen LogP contribution is 2.26. The zero-order valence-electron chi connectivity index (χ0n) is 10.1. The molecule has 0 aromatic carbocycles. The van der Waals surface area contributed by atoms with Gasteiger partial charge in [-0.25, -0.2) is 4.79 Å². The number of urea groups is 1. The van der Waals surface area contributed by atoms with Crippen LogP contribution in [-0.4, -0.2) is 55.2 Å². The largest absolute Gasteiger partial charge is 0.380 e. The van der Waals surface area contributed by atoms with Crippen molar-refractivity contribution in [2.24, 2.45) is 0 Å². The van der Waals surface area contributed by atoms with Crippen molar-refractivity contribution in [3.8, 4) is 0 Å². The fourth-order valence-corrected chi connectivity index (χ4v) is 2.37. The molecular weight excluding hydrogens is 222 g/mol. The van der Waals surface area contributed by atoms with Gasteiger partial charge in [0.2, 0.25) is 0 Å². The molecule has 0 atom stereocenters. The van der Waals surface area contributed by atoms with Crippen molar-refractivity contribution >= 4 is 11.9 Å². The molecule has 17 heavy (non-hydrogen) atoms. The zero-order chi connectivity index (χ0) is 12.3. The second-order valence-electron chi connectivity index (χ2n) is 4.42. The number of ether oxygens (including phenoxy) is 1. The standard InChI is InChI=1S/C11H19N3O3/c1-2-17-8-7-14-9(15)11(13-10(14)16)3-5-12-6-4-11/h12H,2-8H2,1H3,(H,13,16). The minimum Gasteiger partial charge on any atom is -0.380 e. The number of piperidine rings is 1. The van der Waals surface area contributed by atoms with E-state index < -0.39 is 5.54 Å². The lowest BCUT2D eigenvalue weighted by Gasteiger charge is -2.31. The first-order valence-corrected chi connectivity index (χ1v) is 6.12. The third kappa shape index (κ3) is 2.28. The number of hydrogen-bond donors (Lipinski definition) is 2. The number of carbonyl (C=O) groups is 2. The maximum Gasteiger partial charge on any atom is 0.325 e. The number of nitrogens with one attached hydrogen (secondary N) is 2. The lowest BCUT2D eigenvalue weighted by atomic mass is 9.88. The van der Waals surface area contributed by atoms with Gasteiger partial charge in [-0.2, -0.15) is 0 Å². The van der Waals surface area contributed by atoms with Crippen LogP contribution in [0.5, 0.6) is 0 Å². The number of carbonyl (C=O) groups excluding carboxylic acids is 2. The van der Waals surface area contributed by atoms with E-state index in [0.717, 1.165) is 13.1 Å². The Labute approximate surface area is 101 Å². The molecule has 0 aromatic rings. The fraction of sp³-hybridized carbons (Fsp3) is 0.818. The Bertz CT molecular complexity index is 313. The van der Waals surface area contributed by atoms with E-state index in [1.165, 1.54) is 4.90 Å². The van der Waals surface area contributed by atoms with E-state index >= 15 is 0 Å². The Hall–Kier alpha value is -1.14. The van der Waals surface area contributed by atoms with Crippen LogP contribution in [0.15, 0.2) is 0 Å². The Balaban J connectivity index is 2.00. The van der Waals surface area contributed by atoms with Gasteiger partial charge in [-0.15, -0.1) is 0 Å². The van der Waals surface area contributed by atoms with Gasteiger partial charge in [0.1, 0.15) is 5.54 Å². The highest BCUT2D eigenvalue weighted by atomic mass is 16.5. The number of imide groups is 1. The average molecular weight is 241 g/mol. The molecule has 2 N–H and O–H groups in total. The molecule has 0 bridgehead atoms. The Kier molecular flexibility index (Phi) is 3.63. The molecule has 2 fully saturated rings. The van der Waals surface area contributed by atoms with Gasteiger partial charge >= 0.3 is 6.03 Å². The third-order valence-electron chi connectivity index (χ3n) is 3.37. The summed E-state index contributed by atoms with van der Waals surface area (Å²) in [4.78, 5) is 25.3. The quantitative estimate of drug-likeness (QED) is 0.523. The van der Waals surface area contributed by atoms with Gasteiger partial charge in [0, 0.05) is 6.61 Å². The predicted molar refractivity (Wildman–Crippen MR) is 61.6 cm³/mol. The van der Waals surface area contributed by atoms with Crippen molar-refractivity contribution < 1.29 is 14.3 Å². The van der Waals surface area contributed by atoms with E-state index in [1.807, 2.05) is 6.92 Å². The highest BCUT2D eigenvalue weighted by Gasteiger charge is 2.50. The molecule has 6 nitrogen and oxygen atoms in total. The van der Waals surface area contributed by atoms with Crippen molar-refractivity contribution in [3.05, 3.63) is 0 Å². The van der Waals surface area contributed by atoms with Gasteiger partial charge in [0.15, 0.2) is 0 Å². The van der Waals surface area contributed by atoms with Crippen LogP contribution in [0, 0.1) is 0 Å². The van der Waals surface area contributed by atoms with Crippen LogP contribution in [0.4, 0.5) is 4.79 Å². The fourth-order valence-electron chi connectivity index (χ4n) is 2.37.